The lowest BCUT2D eigenvalue weighted by Gasteiger charge is -2.36. The monoisotopic (exact) mass is 338 g/mol. The maximum Gasteiger partial charge on any atom is 0.253 e. The van der Waals surface area contributed by atoms with Crippen molar-refractivity contribution in [1.29, 1.82) is 0 Å². The number of amides is 1. The molecule has 0 aliphatic carbocycles. The zero-order valence-electron chi connectivity index (χ0n) is 14.3. The lowest BCUT2D eigenvalue weighted by Crippen LogP contribution is -2.54. The Morgan fingerprint density at radius 3 is 2.56 bits per heavy atom. The van der Waals surface area contributed by atoms with Gasteiger partial charge in [0.15, 0.2) is 0 Å². The zero-order valence-corrected chi connectivity index (χ0v) is 14.3. The molecular weight excluding hydrogens is 316 g/mol. The van der Waals surface area contributed by atoms with Crippen LogP contribution in [0.2, 0.25) is 0 Å². The summed E-state index contributed by atoms with van der Waals surface area (Å²) in [5, 5.41) is 0. The van der Waals surface area contributed by atoms with Gasteiger partial charge in [-0.2, -0.15) is 0 Å². The number of rotatable bonds is 4. The van der Waals surface area contributed by atoms with E-state index in [9.17, 15) is 4.79 Å². The fourth-order valence-electron chi connectivity index (χ4n) is 3.72. The van der Waals surface area contributed by atoms with E-state index < -0.39 is 0 Å². The lowest BCUT2D eigenvalue weighted by atomic mass is 10.1. The number of ether oxygens (including phenoxy) is 2. The van der Waals surface area contributed by atoms with E-state index in [0.717, 1.165) is 31.1 Å². The molecule has 0 saturated carbocycles. The quantitative estimate of drug-likeness (QED) is 0.858. The predicted molar refractivity (Wildman–Crippen MR) is 95.7 cm³/mol. The number of carbonyl (C=O) groups is 1. The largest absolute Gasteiger partial charge is 0.497 e. The van der Waals surface area contributed by atoms with Gasteiger partial charge in [-0.1, -0.05) is 30.3 Å². The number of carbonyl (C=O) groups excluding carboxylic acids is 1. The van der Waals surface area contributed by atoms with E-state index in [2.05, 4.69) is 17.0 Å². The zero-order chi connectivity index (χ0) is 17.2. The van der Waals surface area contributed by atoms with Crippen molar-refractivity contribution in [2.45, 2.75) is 18.7 Å². The SMILES string of the molecule is COc1ccc(CN2CC3OCC(=O)N(c4ccccc4)C3C2)cc1. The van der Waals surface area contributed by atoms with Crippen molar-refractivity contribution in [2.24, 2.45) is 0 Å². The minimum absolute atomic E-state index is 0.0405. The number of fused-ring (bicyclic) bond motifs is 1. The molecule has 0 radical (unpaired) electrons. The predicted octanol–water partition coefficient (Wildman–Crippen LogP) is 2.31. The van der Waals surface area contributed by atoms with Crippen LogP contribution in [0.15, 0.2) is 54.6 Å². The number of hydrogen-bond donors (Lipinski definition) is 0. The Morgan fingerprint density at radius 1 is 1.08 bits per heavy atom. The number of morpholine rings is 1. The van der Waals surface area contributed by atoms with Crippen LogP contribution in [0.1, 0.15) is 5.56 Å². The summed E-state index contributed by atoms with van der Waals surface area (Å²) in [6.07, 6.45) is 0.0659. The first-order valence-electron chi connectivity index (χ1n) is 8.58. The van der Waals surface area contributed by atoms with Crippen LogP contribution in [0.5, 0.6) is 5.75 Å². The van der Waals surface area contributed by atoms with Crippen LogP contribution in [0.4, 0.5) is 5.69 Å². The van der Waals surface area contributed by atoms with Gasteiger partial charge in [0.05, 0.1) is 19.3 Å². The van der Waals surface area contributed by atoms with Crippen LogP contribution in [-0.4, -0.2) is 49.8 Å². The van der Waals surface area contributed by atoms with Gasteiger partial charge in [0.25, 0.3) is 5.91 Å². The molecule has 130 valence electrons. The lowest BCUT2D eigenvalue weighted by molar-refractivity contribution is -0.130. The van der Waals surface area contributed by atoms with Crippen molar-refractivity contribution in [3.63, 3.8) is 0 Å². The van der Waals surface area contributed by atoms with E-state index in [1.807, 2.05) is 47.4 Å². The van der Waals surface area contributed by atoms with E-state index in [0.29, 0.717) is 0 Å². The van der Waals surface area contributed by atoms with Crippen LogP contribution in [0.25, 0.3) is 0 Å². The Kier molecular flexibility index (Phi) is 4.42. The first-order chi connectivity index (χ1) is 12.2. The molecule has 2 aliphatic rings. The molecule has 0 aromatic heterocycles. The van der Waals surface area contributed by atoms with Gasteiger partial charge in [-0.3, -0.25) is 9.69 Å². The highest BCUT2D eigenvalue weighted by Gasteiger charge is 2.43. The second kappa shape index (κ2) is 6.86. The van der Waals surface area contributed by atoms with Gasteiger partial charge in [-0.15, -0.1) is 0 Å². The molecule has 0 bridgehead atoms. The molecule has 2 fully saturated rings. The maximum absolute atomic E-state index is 12.4. The van der Waals surface area contributed by atoms with Crippen molar-refractivity contribution in [3.8, 4) is 5.75 Å². The highest BCUT2D eigenvalue weighted by atomic mass is 16.5. The standard InChI is InChI=1S/C20H22N2O3/c1-24-17-9-7-15(8-10-17)11-21-12-18-19(13-21)25-14-20(23)22(18)16-5-3-2-4-6-16/h2-10,18-19H,11-14H2,1H3. The summed E-state index contributed by atoms with van der Waals surface area (Å²) in [7, 11) is 1.67. The van der Waals surface area contributed by atoms with Crippen LogP contribution in [0, 0.1) is 0 Å². The topological polar surface area (TPSA) is 42.0 Å². The third-order valence-electron chi connectivity index (χ3n) is 4.93. The van der Waals surface area contributed by atoms with E-state index in [4.69, 9.17) is 9.47 Å². The third kappa shape index (κ3) is 3.25. The fourth-order valence-corrected chi connectivity index (χ4v) is 3.72. The molecule has 0 spiro atoms. The van der Waals surface area contributed by atoms with Gasteiger partial charge in [-0.05, 0) is 29.8 Å². The molecule has 2 aromatic rings. The molecule has 0 N–H and O–H groups in total. The summed E-state index contributed by atoms with van der Waals surface area (Å²) in [6.45, 7) is 2.66. The molecule has 25 heavy (non-hydrogen) atoms. The molecule has 2 heterocycles. The Morgan fingerprint density at radius 2 is 1.84 bits per heavy atom. The van der Waals surface area contributed by atoms with Crippen LogP contribution >= 0.6 is 0 Å². The van der Waals surface area contributed by atoms with E-state index in [1.54, 1.807) is 7.11 Å². The first-order valence-corrected chi connectivity index (χ1v) is 8.58. The average molecular weight is 338 g/mol. The Balaban J connectivity index is 1.49. The van der Waals surface area contributed by atoms with Crippen molar-refractivity contribution >= 4 is 11.6 Å². The van der Waals surface area contributed by atoms with Crippen molar-refractivity contribution in [1.82, 2.24) is 4.90 Å². The molecule has 2 aliphatic heterocycles. The molecule has 2 unspecified atom stereocenters. The summed E-state index contributed by atoms with van der Waals surface area (Å²) in [6, 6.07) is 18.1. The molecule has 1 amide bonds. The van der Waals surface area contributed by atoms with Crippen molar-refractivity contribution < 1.29 is 14.3 Å². The molecule has 5 heteroatoms. The van der Waals surface area contributed by atoms with E-state index >= 15 is 0 Å². The van der Waals surface area contributed by atoms with E-state index in [-0.39, 0.29) is 24.7 Å². The average Bonchev–Trinajstić information content (AvgIpc) is 3.05. The summed E-state index contributed by atoms with van der Waals surface area (Å²) in [5.41, 5.74) is 2.19. The molecule has 2 aromatic carbocycles. The number of anilines is 1. The smallest absolute Gasteiger partial charge is 0.253 e. The van der Waals surface area contributed by atoms with Crippen LogP contribution < -0.4 is 9.64 Å². The van der Waals surface area contributed by atoms with Crippen molar-refractivity contribution in [3.05, 3.63) is 60.2 Å². The normalized spacial score (nSPS) is 23.6. The first kappa shape index (κ1) is 16.1. The molecule has 5 nitrogen and oxygen atoms in total. The third-order valence-corrected chi connectivity index (χ3v) is 4.93. The number of para-hydroxylation sites is 1. The van der Waals surface area contributed by atoms with E-state index in [1.165, 1.54) is 5.56 Å². The highest BCUT2D eigenvalue weighted by molar-refractivity contribution is 5.95. The van der Waals surface area contributed by atoms with Crippen LogP contribution in [0.3, 0.4) is 0 Å². The van der Waals surface area contributed by atoms with Gasteiger partial charge in [0.1, 0.15) is 12.4 Å². The number of nitrogens with zero attached hydrogens (tertiary/aromatic N) is 2. The minimum atomic E-state index is 0.0405. The number of likely N-dealkylation sites (tertiary alicyclic amines) is 1. The maximum atomic E-state index is 12.4. The second-order valence-corrected chi connectivity index (χ2v) is 6.56. The van der Waals surface area contributed by atoms with Gasteiger partial charge < -0.3 is 14.4 Å². The molecule has 2 atom stereocenters. The van der Waals surface area contributed by atoms with Crippen LogP contribution in [-0.2, 0) is 16.1 Å². The summed E-state index contributed by atoms with van der Waals surface area (Å²) in [4.78, 5) is 16.7. The van der Waals surface area contributed by atoms with Gasteiger partial charge in [-0.25, -0.2) is 0 Å². The summed E-state index contributed by atoms with van der Waals surface area (Å²) in [5.74, 6) is 0.904. The summed E-state index contributed by atoms with van der Waals surface area (Å²) < 4.78 is 11.0. The molecular formula is C20H22N2O3. The number of methoxy groups -OCH3 is 1. The minimum Gasteiger partial charge on any atom is -0.497 e. The number of benzene rings is 2. The Hall–Kier alpha value is -2.37. The Labute approximate surface area is 147 Å². The number of hydrogen-bond acceptors (Lipinski definition) is 4. The van der Waals surface area contributed by atoms with Gasteiger partial charge in [0, 0.05) is 25.3 Å². The Bertz CT molecular complexity index is 732. The summed E-state index contributed by atoms with van der Waals surface area (Å²) >= 11 is 0. The molecule has 2 saturated heterocycles. The highest BCUT2D eigenvalue weighted by Crippen LogP contribution is 2.29. The van der Waals surface area contributed by atoms with Gasteiger partial charge in [0.2, 0.25) is 0 Å². The molecule has 4 rings (SSSR count). The van der Waals surface area contributed by atoms with Crippen molar-refractivity contribution in [2.75, 3.05) is 31.7 Å². The fraction of sp³-hybridized carbons (Fsp3) is 0.350. The van der Waals surface area contributed by atoms with Gasteiger partial charge >= 0.3 is 0 Å². The second-order valence-electron chi connectivity index (χ2n) is 6.56.